The van der Waals surface area contributed by atoms with Crippen molar-refractivity contribution >= 4 is 0 Å². The summed E-state index contributed by atoms with van der Waals surface area (Å²) in [4.78, 5) is 2.65. The lowest BCUT2D eigenvalue weighted by atomic mass is 9.99. The quantitative estimate of drug-likeness (QED) is 0.630. The zero-order valence-electron chi connectivity index (χ0n) is 12.9. The van der Waals surface area contributed by atoms with Gasteiger partial charge in [0.15, 0.2) is 0 Å². The first-order valence-corrected chi connectivity index (χ1v) is 7.61. The van der Waals surface area contributed by atoms with Crippen LogP contribution in [0.15, 0.2) is 0 Å². The first-order valence-electron chi connectivity index (χ1n) is 7.61. The minimum atomic E-state index is 0.634. The Morgan fingerprint density at radius 3 is 1.88 bits per heavy atom. The molecule has 2 nitrogen and oxygen atoms in total. The highest BCUT2D eigenvalue weighted by Crippen LogP contribution is 2.14. The van der Waals surface area contributed by atoms with Gasteiger partial charge in [0.25, 0.3) is 0 Å². The summed E-state index contributed by atoms with van der Waals surface area (Å²) in [6.07, 6.45) is 3.82. The fourth-order valence-corrected chi connectivity index (χ4v) is 2.63. The highest BCUT2D eigenvalue weighted by molar-refractivity contribution is 4.80. The molecule has 1 N–H and O–H groups in total. The van der Waals surface area contributed by atoms with Gasteiger partial charge in [0.2, 0.25) is 0 Å². The molecule has 2 atom stereocenters. The lowest BCUT2D eigenvalue weighted by Crippen LogP contribution is -2.49. The van der Waals surface area contributed by atoms with E-state index in [9.17, 15) is 0 Å². The first kappa shape index (κ1) is 16.9. The maximum absolute atomic E-state index is 3.61. The Morgan fingerprint density at radius 2 is 1.53 bits per heavy atom. The molecule has 0 fully saturated rings. The van der Waals surface area contributed by atoms with Crippen molar-refractivity contribution in [2.24, 2.45) is 5.92 Å². The third-order valence-electron chi connectivity index (χ3n) is 4.12. The molecule has 0 aliphatic rings. The number of nitrogens with zero attached hydrogens (tertiary/aromatic N) is 1. The molecule has 0 aromatic carbocycles. The SMILES string of the molecule is CCNC(CC)C(C)N(CC)CC(CC)CC. The van der Waals surface area contributed by atoms with Crippen molar-refractivity contribution in [3.05, 3.63) is 0 Å². The summed E-state index contributed by atoms with van der Waals surface area (Å²) < 4.78 is 0. The molecular formula is C15H34N2. The van der Waals surface area contributed by atoms with Crippen molar-refractivity contribution in [1.29, 1.82) is 0 Å². The molecule has 0 amide bonds. The fourth-order valence-electron chi connectivity index (χ4n) is 2.63. The fraction of sp³-hybridized carbons (Fsp3) is 1.00. The van der Waals surface area contributed by atoms with Crippen LogP contribution in [0.1, 0.15) is 60.8 Å². The van der Waals surface area contributed by atoms with E-state index in [0.717, 1.165) is 12.5 Å². The second-order valence-electron chi connectivity index (χ2n) is 5.08. The largest absolute Gasteiger partial charge is 0.313 e. The predicted molar refractivity (Wildman–Crippen MR) is 78.5 cm³/mol. The summed E-state index contributed by atoms with van der Waals surface area (Å²) in [6.45, 7) is 17.3. The standard InChI is InChI=1S/C15H34N2/c1-7-14(8-2)12-17(11-5)13(6)15(9-3)16-10-4/h13-16H,7-12H2,1-6H3. The van der Waals surface area contributed by atoms with Gasteiger partial charge in [-0.25, -0.2) is 0 Å². The average Bonchev–Trinajstić information content (AvgIpc) is 2.37. The number of hydrogen-bond donors (Lipinski definition) is 1. The molecule has 0 aliphatic carbocycles. The van der Waals surface area contributed by atoms with Gasteiger partial charge in [-0.05, 0) is 32.4 Å². The van der Waals surface area contributed by atoms with Crippen LogP contribution in [-0.2, 0) is 0 Å². The van der Waals surface area contributed by atoms with Crippen LogP contribution in [0, 0.1) is 5.92 Å². The van der Waals surface area contributed by atoms with Crippen LogP contribution in [0.3, 0.4) is 0 Å². The van der Waals surface area contributed by atoms with Crippen molar-refractivity contribution in [3.63, 3.8) is 0 Å². The Hall–Kier alpha value is -0.0800. The third kappa shape index (κ3) is 5.87. The van der Waals surface area contributed by atoms with Crippen LogP contribution in [0.25, 0.3) is 0 Å². The van der Waals surface area contributed by atoms with Gasteiger partial charge in [0, 0.05) is 18.6 Å². The molecular weight excluding hydrogens is 208 g/mol. The van der Waals surface area contributed by atoms with Crippen molar-refractivity contribution < 1.29 is 0 Å². The van der Waals surface area contributed by atoms with Crippen molar-refractivity contribution in [3.8, 4) is 0 Å². The summed E-state index contributed by atoms with van der Waals surface area (Å²) in [5.74, 6) is 0.858. The van der Waals surface area contributed by atoms with E-state index in [1.165, 1.54) is 32.4 Å². The van der Waals surface area contributed by atoms with E-state index in [2.05, 4.69) is 51.8 Å². The summed E-state index contributed by atoms with van der Waals surface area (Å²) in [5, 5.41) is 3.61. The highest BCUT2D eigenvalue weighted by atomic mass is 15.2. The maximum Gasteiger partial charge on any atom is 0.0220 e. The molecule has 104 valence electrons. The monoisotopic (exact) mass is 242 g/mol. The number of nitrogens with one attached hydrogen (secondary N) is 1. The molecule has 0 bridgehead atoms. The predicted octanol–water partition coefficient (Wildman–Crippen LogP) is 3.52. The molecule has 17 heavy (non-hydrogen) atoms. The van der Waals surface area contributed by atoms with Gasteiger partial charge in [-0.1, -0.05) is 47.5 Å². The second kappa shape index (κ2) is 9.90. The van der Waals surface area contributed by atoms with Crippen LogP contribution in [0.5, 0.6) is 0 Å². The number of hydrogen-bond acceptors (Lipinski definition) is 2. The summed E-state index contributed by atoms with van der Waals surface area (Å²) >= 11 is 0. The van der Waals surface area contributed by atoms with Gasteiger partial charge in [0.05, 0.1) is 0 Å². The first-order chi connectivity index (χ1) is 8.14. The topological polar surface area (TPSA) is 15.3 Å². The van der Waals surface area contributed by atoms with E-state index in [-0.39, 0.29) is 0 Å². The van der Waals surface area contributed by atoms with Crippen LogP contribution >= 0.6 is 0 Å². The van der Waals surface area contributed by atoms with Gasteiger partial charge in [-0.2, -0.15) is 0 Å². The second-order valence-corrected chi connectivity index (χ2v) is 5.08. The van der Waals surface area contributed by atoms with E-state index in [0.29, 0.717) is 12.1 Å². The van der Waals surface area contributed by atoms with E-state index >= 15 is 0 Å². The molecule has 0 saturated heterocycles. The number of likely N-dealkylation sites (N-methyl/N-ethyl adjacent to an activating group) is 2. The van der Waals surface area contributed by atoms with Crippen molar-refractivity contribution in [1.82, 2.24) is 10.2 Å². The van der Waals surface area contributed by atoms with Gasteiger partial charge < -0.3 is 5.32 Å². The summed E-state index contributed by atoms with van der Waals surface area (Å²) in [5.41, 5.74) is 0. The molecule has 0 radical (unpaired) electrons. The Labute approximate surface area is 109 Å². The molecule has 0 spiro atoms. The van der Waals surface area contributed by atoms with Gasteiger partial charge in [0.1, 0.15) is 0 Å². The van der Waals surface area contributed by atoms with Crippen LogP contribution in [0.2, 0.25) is 0 Å². The molecule has 2 unspecified atom stereocenters. The van der Waals surface area contributed by atoms with E-state index in [1.54, 1.807) is 0 Å². The molecule has 2 heteroatoms. The van der Waals surface area contributed by atoms with Crippen LogP contribution in [-0.4, -0.2) is 36.6 Å². The molecule has 0 aromatic heterocycles. The van der Waals surface area contributed by atoms with Gasteiger partial charge in [-0.15, -0.1) is 0 Å². The minimum Gasteiger partial charge on any atom is -0.313 e. The Kier molecular flexibility index (Phi) is 9.85. The zero-order chi connectivity index (χ0) is 13.3. The third-order valence-corrected chi connectivity index (χ3v) is 4.12. The zero-order valence-corrected chi connectivity index (χ0v) is 12.9. The smallest absolute Gasteiger partial charge is 0.0220 e. The Bertz CT molecular complexity index is 166. The molecule has 0 heterocycles. The van der Waals surface area contributed by atoms with Crippen LogP contribution in [0.4, 0.5) is 0 Å². The normalized spacial score (nSPS) is 15.5. The molecule has 0 rings (SSSR count). The Morgan fingerprint density at radius 1 is 0.941 bits per heavy atom. The lowest BCUT2D eigenvalue weighted by Gasteiger charge is -2.36. The molecule has 0 aliphatic heterocycles. The van der Waals surface area contributed by atoms with Gasteiger partial charge in [-0.3, -0.25) is 4.90 Å². The highest BCUT2D eigenvalue weighted by Gasteiger charge is 2.21. The average molecular weight is 242 g/mol. The van der Waals surface area contributed by atoms with E-state index < -0.39 is 0 Å². The lowest BCUT2D eigenvalue weighted by molar-refractivity contribution is 0.146. The van der Waals surface area contributed by atoms with Crippen molar-refractivity contribution in [2.75, 3.05) is 19.6 Å². The summed E-state index contributed by atoms with van der Waals surface area (Å²) in [6, 6.07) is 1.28. The summed E-state index contributed by atoms with van der Waals surface area (Å²) in [7, 11) is 0. The van der Waals surface area contributed by atoms with Gasteiger partial charge >= 0.3 is 0 Å². The van der Waals surface area contributed by atoms with Crippen molar-refractivity contribution in [2.45, 2.75) is 72.9 Å². The maximum atomic E-state index is 3.61. The minimum absolute atomic E-state index is 0.634. The van der Waals surface area contributed by atoms with Crippen LogP contribution < -0.4 is 5.32 Å². The Balaban J connectivity index is 4.40. The molecule has 0 saturated carbocycles. The van der Waals surface area contributed by atoms with E-state index in [1.807, 2.05) is 0 Å². The number of rotatable bonds is 10. The molecule has 0 aromatic rings. The van der Waals surface area contributed by atoms with E-state index in [4.69, 9.17) is 0 Å².